The zero-order chi connectivity index (χ0) is 20.6. The quantitative estimate of drug-likeness (QED) is 0.663. The molecule has 2 heterocycles. The molecular formula is C22H27N3O4. The second-order valence-electron chi connectivity index (χ2n) is 7.28. The molecule has 2 aromatic rings. The van der Waals surface area contributed by atoms with Crippen molar-refractivity contribution in [1.82, 2.24) is 15.6 Å². The second kappa shape index (κ2) is 10.1. The summed E-state index contributed by atoms with van der Waals surface area (Å²) >= 11 is 0. The van der Waals surface area contributed by atoms with Crippen LogP contribution in [0.2, 0.25) is 0 Å². The van der Waals surface area contributed by atoms with Crippen LogP contribution in [0.25, 0.3) is 0 Å². The number of pyridine rings is 1. The van der Waals surface area contributed by atoms with Crippen LogP contribution in [0.3, 0.4) is 0 Å². The van der Waals surface area contributed by atoms with Gasteiger partial charge in [-0.2, -0.15) is 0 Å². The number of carbonyl (C=O) groups excluding carboxylic acids is 2. The smallest absolute Gasteiger partial charge is 0.253 e. The number of aliphatic hydroxyl groups is 1. The van der Waals surface area contributed by atoms with Crippen LogP contribution in [0.4, 0.5) is 0 Å². The van der Waals surface area contributed by atoms with Crippen molar-refractivity contribution in [2.24, 2.45) is 0 Å². The number of ether oxygens (including phenoxy) is 1. The Morgan fingerprint density at radius 3 is 2.69 bits per heavy atom. The minimum Gasteiger partial charge on any atom is -0.394 e. The molecule has 0 unspecified atom stereocenters. The molecule has 0 aliphatic carbocycles. The van der Waals surface area contributed by atoms with Gasteiger partial charge in [-0.3, -0.25) is 14.6 Å². The fourth-order valence-corrected chi connectivity index (χ4v) is 3.53. The summed E-state index contributed by atoms with van der Waals surface area (Å²) in [6.07, 6.45) is 3.73. The van der Waals surface area contributed by atoms with Crippen molar-refractivity contribution in [2.75, 3.05) is 6.61 Å². The highest BCUT2D eigenvalue weighted by molar-refractivity contribution is 5.94. The Labute approximate surface area is 170 Å². The highest BCUT2D eigenvalue weighted by atomic mass is 16.5. The zero-order valence-corrected chi connectivity index (χ0v) is 16.5. The lowest BCUT2D eigenvalue weighted by Crippen LogP contribution is -2.51. The average Bonchev–Trinajstić information content (AvgIpc) is 2.75. The number of nitrogens with one attached hydrogen (secondary N) is 2. The first kappa shape index (κ1) is 21.0. The van der Waals surface area contributed by atoms with Crippen LogP contribution < -0.4 is 10.6 Å². The number of carbonyl (C=O) groups is 2. The molecule has 0 bridgehead atoms. The number of nitrogens with zero attached hydrogens (tertiary/aromatic N) is 1. The van der Waals surface area contributed by atoms with Gasteiger partial charge in [0.1, 0.15) is 6.10 Å². The van der Waals surface area contributed by atoms with Crippen LogP contribution in [-0.2, 0) is 9.53 Å². The van der Waals surface area contributed by atoms with E-state index in [0.29, 0.717) is 18.4 Å². The fraction of sp³-hybridized carbons (Fsp3) is 0.409. The molecule has 29 heavy (non-hydrogen) atoms. The first-order valence-electron chi connectivity index (χ1n) is 9.88. The van der Waals surface area contributed by atoms with E-state index >= 15 is 0 Å². The van der Waals surface area contributed by atoms with Gasteiger partial charge in [0.05, 0.1) is 36.8 Å². The maximum atomic E-state index is 12.4. The van der Waals surface area contributed by atoms with Gasteiger partial charge in [0.15, 0.2) is 0 Å². The third kappa shape index (κ3) is 5.85. The summed E-state index contributed by atoms with van der Waals surface area (Å²) in [6, 6.07) is 12.7. The fourth-order valence-electron chi connectivity index (χ4n) is 3.53. The number of aromatic nitrogens is 1. The SMILES string of the molecule is C[C@H](NC(=O)C[C@@H]1CC[C@H](NC(=O)c2cccnc2)[C@H](CO)O1)c1ccccc1. The molecule has 7 heteroatoms. The van der Waals surface area contributed by atoms with E-state index in [1.165, 1.54) is 6.20 Å². The molecule has 1 aliphatic rings. The van der Waals surface area contributed by atoms with Gasteiger partial charge in [0.25, 0.3) is 5.91 Å². The number of benzene rings is 1. The largest absolute Gasteiger partial charge is 0.394 e. The molecule has 0 saturated carbocycles. The van der Waals surface area contributed by atoms with Crippen molar-refractivity contribution >= 4 is 11.8 Å². The van der Waals surface area contributed by atoms with Gasteiger partial charge in [-0.1, -0.05) is 30.3 Å². The summed E-state index contributed by atoms with van der Waals surface area (Å²) in [5.74, 6) is -0.348. The van der Waals surface area contributed by atoms with Crippen molar-refractivity contribution in [2.45, 2.75) is 50.5 Å². The first-order chi connectivity index (χ1) is 14.1. The number of hydrogen-bond acceptors (Lipinski definition) is 5. The van der Waals surface area contributed by atoms with Crippen LogP contribution in [0.5, 0.6) is 0 Å². The number of amides is 2. The van der Waals surface area contributed by atoms with Crippen molar-refractivity contribution in [3.8, 4) is 0 Å². The predicted molar refractivity (Wildman–Crippen MR) is 108 cm³/mol. The van der Waals surface area contributed by atoms with Crippen LogP contribution >= 0.6 is 0 Å². The minimum atomic E-state index is -0.547. The Bertz CT molecular complexity index is 800. The summed E-state index contributed by atoms with van der Waals surface area (Å²) < 4.78 is 5.90. The Morgan fingerprint density at radius 2 is 2.00 bits per heavy atom. The monoisotopic (exact) mass is 397 g/mol. The molecule has 0 radical (unpaired) electrons. The third-order valence-electron chi connectivity index (χ3n) is 5.13. The van der Waals surface area contributed by atoms with E-state index in [-0.39, 0.29) is 43.0 Å². The molecule has 1 saturated heterocycles. The summed E-state index contributed by atoms with van der Waals surface area (Å²) in [7, 11) is 0. The van der Waals surface area contributed by atoms with E-state index in [1.54, 1.807) is 18.3 Å². The molecule has 3 N–H and O–H groups in total. The lowest BCUT2D eigenvalue weighted by molar-refractivity contribution is -0.131. The van der Waals surface area contributed by atoms with E-state index < -0.39 is 6.10 Å². The molecule has 2 amide bonds. The molecule has 3 rings (SSSR count). The maximum Gasteiger partial charge on any atom is 0.253 e. The van der Waals surface area contributed by atoms with Crippen LogP contribution in [0, 0.1) is 0 Å². The van der Waals surface area contributed by atoms with Crippen molar-refractivity contribution in [3.63, 3.8) is 0 Å². The van der Waals surface area contributed by atoms with Crippen molar-refractivity contribution in [3.05, 3.63) is 66.0 Å². The van der Waals surface area contributed by atoms with E-state index in [4.69, 9.17) is 4.74 Å². The highest BCUT2D eigenvalue weighted by Crippen LogP contribution is 2.23. The highest BCUT2D eigenvalue weighted by Gasteiger charge is 2.33. The van der Waals surface area contributed by atoms with Crippen LogP contribution in [-0.4, -0.2) is 46.8 Å². The van der Waals surface area contributed by atoms with Gasteiger partial charge in [-0.15, -0.1) is 0 Å². The number of rotatable bonds is 7. The Balaban J connectivity index is 1.50. The maximum absolute atomic E-state index is 12.4. The molecule has 1 aromatic carbocycles. The van der Waals surface area contributed by atoms with Gasteiger partial charge in [-0.25, -0.2) is 0 Å². The molecule has 7 nitrogen and oxygen atoms in total. The minimum absolute atomic E-state index is 0.0903. The standard InChI is InChI=1S/C22H27N3O4/c1-15(16-6-3-2-4-7-16)24-21(27)12-18-9-10-19(20(14-26)29-18)25-22(28)17-8-5-11-23-13-17/h2-8,11,13,15,18-20,26H,9-10,12,14H2,1H3,(H,24,27)(H,25,28)/t15-,18-,19-,20-/m0/s1. The normalized spacial score (nSPS) is 22.5. The van der Waals surface area contributed by atoms with Gasteiger partial charge >= 0.3 is 0 Å². The van der Waals surface area contributed by atoms with E-state index in [9.17, 15) is 14.7 Å². The second-order valence-corrected chi connectivity index (χ2v) is 7.28. The number of hydrogen-bond donors (Lipinski definition) is 3. The Kier molecular flexibility index (Phi) is 7.32. The average molecular weight is 397 g/mol. The van der Waals surface area contributed by atoms with Gasteiger partial charge < -0.3 is 20.5 Å². The summed E-state index contributed by atoms with van der Waals surface area (Å²) in [6.45, 7) is 1.71. The molecule has 1 aliphatic heterocycles. The predicted octanol–water partition coefficient (Wildman–Crippen LogP) is 1.99. The summed E-state index contributed by atoms with van der Waals surface area (Å²) in [5, 5.41) is 15.6. The first-order valence-corrected chi connectivity index (χ1v) is 9.88. The molecule has 4 atom stereocenters. The van der Waals surface area contributed by atoms with Crippen molar-refractivity contribution in [1.29, 1.82) is 0 Å². The molecule has 1 aromatic heterocycles. The van der Waals surface area contributed by atoms with Gasteiger partial charge in [0.2, 0.25) is 5.91 Å². The van der Waals surface area contributed by atoms with Gasteiger partial charge in [0, 0.05) is 12.4 Å². The molecule has 0 spiro atoms. The van der Waals surface area contributed by atoms with Crippen molar-refractivity contribution < 1.29 is 19.4 Å². The Hall–Kier alpha value is -2.77. The van der Waals surface area contributed by atoms with E-state index in [2.05, 4.69) is 15.6 Å². The Morgan fingerprint density at radius 1 is 1.21 bits per heavy atom. The van der Waals surface area contributed by atoms with Crippen LogP contribution in [0.15, 0.2) is 54.9 Å². The topological polar surface area (TPSA) is 101 Å². The molecule has 1 fully saturated rings. The van der Waals surface area contributed by atoms with Gasteiger partial charge in [-0.05, 0) is 37.5 Å². The molecule has 154 valence electrons. The van der Waals surface area contributed by atoms with E-state index in [1.807, 2.05) is 37.3 Å². The lowest BCUT2D eigenvalue weighted by Gasteiger charge is -2.36. The number of aliphatic hydroxyl groups excluding tert-OH is 1. The summed E-state index contributed by atoms with van der Waals surface area (Å²) in [4.78, 5) is 28.7. The zero-order valence-electron chi connectivity index (χ0n) is 16.5. The van der Waals surface area contributed by atoms with Crippen LogP contribution in [0.1, 0.15) is 48.1 Å². The summed E-state index contributed by atoms with van der Waals surface area (Å²) in [5.41, 5.74) is 1.50. The van der Waals surface area contributed by atoms with E-state index in [0.717, 1.165) is 5.56 Å². The molecular weight excluding hydrogens is 370 g/mol. The lowest BCUT2D eigenvalue weighted by atomic mass is 9.96. The third-order valence-corrected chi connectivity index (χ3v) is 5.13.